The smallest absolute Gasteiger partial charge is 0.0608 e. The number of nitrogens with two attached hydrogens (primary N) is 1. The van der Waals surface area contributed by atoms with E-state index < -0.39 is 5.54 Å². The van der Waals surface area contributed by atoms with Crippen LogP contribution in [0, 0.1) is 0 Å². The maximum absolute atomic E-state index is 9.54. The molecule has 0 amide bonds. The van der Waals surface area contributed by atoms with Crippen molar-refractivity contribution in [1.29, 1.82) is 0 Å². The number of fused-ring (bicyclic) bond motifs is 1. The maximum Gasteiger partial charge on any atom is 0.0608 e. The first kappa shape index (κ1) is 20.5. The van der Waals surface area contributed by atoms with Gasteiger partial charge in [0.25, 0.3) is 0 Å². The Kier molecular flexibility index (Phi) is 8.45. The summed E-state index contributed by atoms with van der Waals surface area (Å²) in [6.45, 7) is 4.32. The van der Waals surface area contributed by atoms with Crippen molar-refractivity contribution in [2.45, 2.75) is 102 Å². The van der Waals surface area contributed by atoms with Gasteiger partial charge in [0.2, 0.25) is 0 Å². The fourth-order valence-corrected chi connectivity index (χ4v) is 4.24. The zero-order valence-electron chi connectivity index (χ0n) is 16.5. The molecule has 25 heavy (non-hydrogen) atoms. The molecule has 0 saturated heterocycles. The second-order valence-electron chi connectivity index (χ2n) is 8.51. The lowest BCUT2D eigenvalue weighted by Gasteiger charge is -2.28. The molecule has 0 aliphatic heterocycles. The van der Waals surface area contributed by atoms with Crippen LogP contribution in [0.15, 0.2) is 18.2 Å². The van der Waals surface area contributed by atoms with Crippen LogP contribution in [0.1, 0.15) is 101 Å². The number of hydrogen-bond acceptors (Lipinski definition) is 2. The molecule has 0 unspecified atom stereocenters. The molecule has 3 N–H and O–H groups in total. The van der Waals surface area contributed by atoms with E-state index >= 15 is 0 Å². The SMILES string of the molecule is CCCCCCCCc1ccc2c(c1)CCCC[C@@H]2C[C@@](C)(N)CO. The molecule has 2 heteroatoms. The van der Waals surface area contributed by atoms with Gasteiger partial charge in [-0.1, -0.05) is 63.6 Å². The zero-order chi connectivity index (χ0) is 18.1. The van der Waals surface area contributed by atoms with Gasteiger partial charge < -0.3 is 10.8 Å². The van der Waals surface area contributed by atoms with Crippen molar-refractivity contribution in [3.8, 4) is 0 Å². The molecule has 0 spiro atoms. The van der Waals surface area contributed by atoms with Crippen LogP contribution in [-0.2, 0) is 12.8 Å². The standard InChI is InChI=1S/C23H39NO/c1-3-4-5-6-7-8-11-19-14-15-22-20(16-19)12-9-10-13-21(22)17-23(2,24)18-25/h14-16,21,25H,3-13,17-18,24H2,1-2H3/t21-,23-/m1/s1. The minimum Gasteiger partial charge on any atom is -0.394 e. The summed E-state index contributed by atoms with van der Waals surface area (Å²) in [6, 6.07) is 7.17. The highest BCUT2D eigenvalue weighted by Crippen LogP contribution is 2.36. The molecule has 0 saturated carbocycles. The molecule has 1 aliphatic carbocycles. The first-order valence-corrected chi connectivity index (χ1v) is 10.6. The highest BCUT2D eigenvalue weighted by molar-refractivity contribution is 5.36. The van der Waals surface area contributed by atoms with E-state index in [0.29, 0.717) is 5.92 Å². The largest absolute Gasteiger partial charge is 0.394 e. The van der Waals surface area contributed by atoms with Gasteiger partial charge in [-0.3, -0.25) is 0 Å². The molecular weight excluding hydrogens is 306 g/mol. The zero-order valence-corrected chi connectivity index (χ0v) is 16.5. The molecule has 142 valence electrons. The Morgan fingerprint density at radius 2 is 1.88 bits per heavy atom. The predicted octanol–water partition coefficient (Wildman–Crippen LogP) is 5.50. The average molecular weight is 346 g/mol. The number of aryl methyl sites for hydroxylation is 2. The van der Waals surface area contributed by atoms with E-state index in [1.54, 1.807) is 5.56 Å². The third-order valence-electron chi connectivity index (χ3n) is 5.79. The van der Waals surface area contributed by atoms with Crippen molar-refractivity contribution in [2.75, 3.05) is 6.61 Å². The van der Waals surface area contributed by atoms with Crippen LogP contribution < -0.4 is 5.73 Å². The van der Waals surface area contributed by atoms with Crippen LogP contribution in [-0.4, -0.2) is 17.3 Å². The third kappa shape index (κ3) is 6.75. The highest BCUT2D eigenvalue weighted by Gasteiger charge is 2.26. The second kappa shape index (κ2) is 10.3. The quantitative estimate of drug-likeness (QED) is 0.434. The first-order valence-electron chi connectivity index (χ1n) is 10.6. The highest BCUT2D eigenvalue weighted by atomic mass is 16.3. The molecule has 1 aromatic rings. The lowest BCUT2D eigenvalue weighted by atomic mass is 9.82. The second-order valence-corrected chi connectivity index (χ2v) is 8.51. The Hall–Kier alpha value is -0.860. The van der Waals surface area contributed by atoms with Gasteiger partial charge in [0.1, 0.15) is 0 Å². The molecule has 0 bridgehead atoms. The Labute approximate surface area is 155 Å². The number of hydrogen-bond donors (Lipinski definition) is 2. The van der Waals surface area contributed by atoms with Crippen molar-refractivity contribution in [3.05, 3.63) is 34.9 Å². The van der Waals surface area contributed by atoms with Crippen LogP contribution in [0.5, 0.6) is 0 Å². The van der Waals surface area contributed by atoms with Crippen molar-refractivity contribution in [1.82, 2.24) is 0 Å². The minimum absolute atomic E-state index is 0.0644. The van der Waals surface area contributed by atoms with E-state index in [9.17, 15) is 5.11 Å². The topological polar surface area (TPSA) is 46.2 Å². The van der Waals surface area contributed by atoms with Gasteiger partial charge in [0.15, 0.2) is 0 Å². The fraction of sp³-hybridized carbons (Fsp3) is 0.739. The third-order valence-corrected chi connectivity index (χ3v) is 5.79. The van der Waals surface area contributed by atoms with E-state index in [-0.39, 0.29) is 6.61 Å². The molecule has 1 aliphatic rings. The van der Waals surface area contributed by atoms with Crippen molar-refractivity contribution in [3.63, 3.8) is 0 Å². The molecule has 2 rings (SSSR count). The molecule has 2 atom stereocenters. The predicted molar refractivity (Wildman–Crippen MR) is 108 cm³/mol. The van der Waals surface area contributed by atoms with Crippen LogP contribution >= 0.6 is 0 Å². The molecule has 0 aromatic heterocycles. The minimum atomic E-state index is -0.469. The maximum atomic E-state index is 9.54. The van der Waals surface area contributed by atoms with E-state index in [1.807, 2.05) is 6.92 Å². The van der Waals surface area contributed by atoms with Gasteiger partial charge in [-0.15, -0.1) is 0 Å². The molecule has 1 aromatic carbocycles. The van der Waals surface area contributed by atoms with Gasteiger partial charge in [-0.05, 0) is 68.1 Å². The summed E-state index contributed by atoms with van der Waals surface area (Å²) < 4.78 is 0. The summed E-state index contributed by atoms with van der Waals surface area (Å²) in [5.74, 6) is 0.503. The van der Waals surface area contributed by atoms with E-state index in [0.717, 1.165) is 6.42 Å². The number of rotatable bonds is 10. The van der Waals surface area contributed by atoms with Gasteiger partial charge in [-0.2, -0.15) is 0 Å². The molecular formula is C23H39NO. The van der Waals surface area contributed by atoms with Gasteiger partial charge >= 0.3 is 0 Å². The molecule has 0 radical (unpaired) electrons. The summed E-state index contributed by atoms with van der Waals surface area (Å²) in [7, 11) is 0. The number of benzene rings is 1. The fourth-order valence-electron chi connectivity index (χ4n) is 4.24. The Balaban J connectivity index is 1.96. The van der Waals surface area contributed by atoms with Crippen LogP contribution in [0.4, 0.5) is 0 Å². The van der Waals surface area contributed by atoms with Gasteiger partial charge in [0, 0.05) is 5.54 Å². The Morgan fingerprint density at radius 3 is 2.64 bits per heavy atom. The normalized spacial score (nSPS) is 19.9. The van der Waals surface area contributed by atoms with E-state index in [2.05, 4.69) is 25.1 Å². The Bertz CT molecular complexity index is 509. The van der Waals surface area contributed by atoms with Crippen molar-refractivity contribution in [2.24, 2.45) is 5.73 Å². The van der Waals surface area contributed by atoms with Crippen molar-refractivity contribution < 1.29 is 5.11 Å². The molecule has 2 nitrogen and oxygen atoms in total. The van der Waals surface area contributed by atoms with E-state index in [1.165, 1.54) is 81.8 Å². The van der Waals surface area contributed by atoms with Crippen molar-refractivity contribution >= 4 is 0 Å². The Morgan fingerprint density at radius 1 is 1.12 bits per heavy atom. The summed E-state index contributed by atoms with van der Waals surface area (Å²) in [5.41, 5.74) is 10.3. The molecule has 0 heterocycles. The molecule has 0 fully saturated rings. The summed E-state index contributed by atoms with van der Waals surface area (Å²) in [4.78, 5) is 0. The van der Waals surface area contributed by atoms with Crippen LogP contribution in [0.3, 0.4) is 0 Å². The van der Waals surface area contributed by atoms with Gasteiger partial charge in [-0.25, -0.2) is 0 Å². The van der Waals surface area contributed by atoms with E-state index in [4.69, 9.17) is 5.73 Å². The summed E-state index contributed by atoms with van der Waals surface area (Å²) >= 11 is 0. The lowest BCUT2D eigenvalue weighted by molar-refractivity contribution is 0.191. The van der Waals surface area contributed by atoms with Crippen LogP contribution in [0.2, 0.25) is 0 Å². The number of aliphatic hydroxyl groups excluding tert-OH is 1. The van der Waals surface area contributed by atoms with Gasteiger partial charge in [0.05, 0.1) is 6.61 Å². The monoisotopic (exact) mass is 345 g/mol. The van der Waals surface area contributed by atoms with Crippen LogP contribution in [0.25, 0.3) is 0 Å². The summed E-state index contributed by atoms with van der Waals surface area (Å²) in [6.07, 6.45) is 15.2. The summed E-state index contributed by atoms with van der Waals surface area (Å²) in [5, 5.41) is 9.54. The first-order chi connectivity index (χ1) is 12.1. The number of aliphatic hydroxyl groups is 1. The number of unbranched alkanes of at least 4 members (excludes halogenated alkanes) is 5. The average Bonchev–Trinajstić information content (AvgIpc) is 2.79. The lowest BCUT2D eigenvalue weighted by Crippen LogP contribution is -2.41.